The van der Waals surface area contributed by atoms with Crippen molar-refractivity contribution >= 4 is 10.2 Å². The lowest BCUT2D eigenvalue weighted by Crippen LogP contribution is -2.44. The fourth-order valence-corrected chi connectivity index (χ4v) is 1.41. The van der Waals surface area contributed by atoms with E-state index in [1.807, 2.05) is 0 Å². The summed E-state index contributed by atoms with van der Waals surface area (Å²) in [5.41, 5.74) is 0. The van der Waals surface area contributed by atoms with E-state index < -0.39 is 53.3 Å². The Hall–Kier alpha value is -0.560. The molecule has 0 bridgehead atoms. The second-order valence-electron chi connectivity index (χ2n) is 4.14. The van der Waals surface area contributed by atoms with Crippen LogP contribution in [-0.4, -0.2) is 56.6 Å². The van der Waals surface area contributed by atoms with Gasteiger partial charge in [0.25, 0.3) is 0 Å². The first-order valence-electron chi connectivity index (χ1n) is 5.09. The molecule has 120 valence electrons. The SMILES string of the molecule is CC1(CO)OCC(C(F)(F)OCC(F)(F)S(=O)(=O)F)O1. The lowest BCUT2D eigenvalue weighted by atomic mass is 10.3. The van der Waals surface area contributed by atoms with Gasteiger partial charge in [0.1, 0.15) is 6.61 Å². The second-order valence-corrected chi connectivity index (χ2v) is 5.61. The summed E-state index contributed by atoms with van der Waals surface area (Å²) in [4.78, 5) is 0. The highest BCUT2D eigenvalue weighted by molar-refractivity contribution is 7.87. The van der Waals surface area contributed by atoms with Gasteiger partial charge in [-0.1, -0.05) is 3.89 Å². The van der Waals surface area contributed by atoms with Crippen LogP contribution in [0.2, 0.25) is 0 Å². The number of aliphatic hydroxyl groups excluding tert-OH is 1. The Balaban J connectivity index is 2.68. The summed E-state index contributed by atoms with van der Waals surface area (Å²) in [5, 5.41) is 3.68. The number of hydrogen-bond acceptors (Lipinski definition) is 6. The molecule has 1 N–H and O–H groups in total. The van der Waals surface area contributed by atoms with Crippen LogP contribution < -0.4 is 0 Å². The van der Waals surface area contributed by atoms with E-state index in [-0.39, 0.29) is 0 Å². The maximum atomic E-state index is 13.4. The van der Waals surface area contributed by atoms with E-state index in [2.05, 4.69) is 14.2 Å². The zero-order valence-corrected chi connectivity index (χ0v) is 10.8. The van der Waals surface area contributed by atoms with Gasteiger partial charge in [-0.15, -0.1) is 0 Å². The van der Waals surface area contributed by atoms with Crippen LogP contribution in [0.15, 0.2) is 0 Å². The molecule has 12 heteroatoms. The largest absolute Gasteiger partial charge is 0.397 e. The Morgan fingerprint density at radius 2 is 1.95 bits per heavy atom. The van der Waals surface area contributed by atoms with E-state index >= 15 is 0 Å². The van der Waals surface area contributed by atoms with Gasteiger partial charge >= 0.3 is 21.6 Å². The van der Waals surface area contributed by atoms with E-state index in [0.29, 0.717) is 0 Å². The van der Waals surface area contributed by atoms with Crippen molar-refractivity contribution in [2.24, 2.45) is 0 Å². The molecule has 1 heterocycles. The molecule has 0 radical (unpaired) electrons. The molecule has 0 aliphatic carbocycles. The van der Waals surface area contributed by atoms with Gasteiger partial charge in [-0.05, 0) is 6.92 Å². The molecule has 20 heavy (non-hydrogen) atoms. The van der Waals surface area contributed by atoms with Crippen LogP contribution in [-0.2, 0) is 24.4 Å². The molecule has 2 unspecified atom stereocenters. The molecule has 0 spiro atoms. The Morgan fingerprint density at radius 3 is 2.35 bits per heavy atom. The summed E-state index contributed by atoms with van der Waals surface area (Å²) in [7, 11) is -6.38. The number of aliphatic hydroxyl groups is 1. The van der Waals surface area contributed by atoms with Gasteiger partial charge in [-0.2, -0.15) is 26.0 Å². The lowest BCUT2D eigenvalue weighted by molar-refractivity contribution is -0.313. The van der Waals surface area contributed by atoms with Gasteiger partial charge in [0.2, 0.25) is 0 Å². The molecular weight excluding hydrogens is 319 g/mol. The lowest BCUT2D eigenvalue weighted by Gasteiger charge is -2.25. The minimum atomic E-state index is -6.38. The standard InChI is InChI=1S/C8H11F5O6S/c1-6(3-14)17-2-5(19-6)8(11,12)18-4-7(9,10)20(13,15)16/h5,14H,2-4H2,1H3. The molecule has 1 rings (SSSR count). The third-order valence-corrected chi connectivity index (χ3v) is 3.21. The number of hydrogen-bond donors (Lipinski definition) is 1. The zero-order chi connectivity index (χ0) is 15.8. The van der Waals surface area contributed by atoms with Crippen molar-refractivity contribution < 1.29 is 49.2 Å². The van der Waals surface area contributed by atoms with Crippen LogP contribution in [0.1, 0.15) is 6.92 Å². The van der Waals surface area contributed by atoms with Crippen LogP contribution in [0.4, 0.5) is 21.4 Å². The van der Waals surface area contributed by atoms with Crippen molar-refractivity contribution in [2.75, 3.05) is 19.8 Å². The Labute approximate surface area is 110 Å². The van der Waals surface area contributed by atoms with Gasteiger partial charge in [-0.3, -0.25) is 0 Å². The first-order chi connectivity index (χ1) is 8.83. The first-order valence-corrected chi connectivity index (χ1v) is 6.48. The zero-order valence-electron chi connectivity index (χ0n) is 9.99. The van der Waals surface area contributed by atoms with Crippen LogP contribution in [0.5, 0.6) is 0 Å². The quantitative estimate of drug-likeness (QED) is 0.568. The van der Waals surface area contributed by atoms with Gasteiger partial charge in [-0.25, -0.2) is 0 Å². The highest BCUT2D eigenvalue weighted by atomic mass is 32.3. The van der Waals surface area contributed by atoms with E-state index in [0.717, 1.165) is 6.92 Å². The maximum Gasteiger partial charge on any atom is 0.397 e. The topological polar surface area (TPSA) is 82.1 Å². The molecule has 0 saturated carbocycles. The molecule has 6 nitrogen and oxygen atoms in total. The molecule has 0 aromatic carbocycles. The average molecular weight is 330 g/mol. The molecule has 1 aliphatic rings. The van der Waals surface area contributed by atoms with E-state index in [1.54, 1.807) is 0 Å². The summed E-state index contributed by atoms with van der Waals surface area (Å²) in [6, 6.07) is 0. The van der Waals surface area contributed by atoms with Crippen molar-refractivity contribution in [3.8, 4) is 0 Å². The third-order valence-electron chi connectivity index (χ3n) is 2.38. The third kappa shape index (κ3) is 3.75. The second kappa shape index (κ2) is 5.33. The van der Waals surface area contributed by atoms with Crippen molar-refractivity contribution in [3.05, 3.63) is 0 Å². The molecular formula is C8H11F5O6S. The van der Waals surface area contributed by atoms with Crippen LogP contribution >= 0.6 is 0 Å². The van der Waals surface area contributed by atoms with Gasteiger partial charge < -0.3 is 19.3 Å². The van der Waals surface area contributed by atoms with Gasteiger partial charge in [0, 0.05) is 0 Å². The summed E-state index contributed by atoms with van der Waals surface area (Å²) >= 11 is 0. The van der Waals surface area contributed by atoms with Gasteiger partial charge in [0.05, 0.1) is 13.2 Å². The Kier molecular flexibility index (Phi) is 4.66. The molecule has 1 fully saturated rings. The number of halogens is 5. The Morgan fingerprint density at radius 1 is 1.40 bits per heavy atom. The molecule has 0 aromatic heterocycles. The normalized spacial score (nSPS) is 28.9. The number of ether oxygens (including phenoxy) is 3. The van der Waals surface area contributed by atoms with Crippen molar-refractivity contribution in [1.29, 1.82) is 0 Å². The van der Waals surface area contributed by atoms with Crippen LogP contribution in [0.25, 0.3) is 0 Å². The first kappa shape index (κ1) is 17.5. The van der Waals surface area contributed by atoms with Crippen LogP contribution in [0.3, 0.4) is 0 Å². The number of rotatable bonds is 6. The predicted molar refractivity (Wildman–Crippen MR) is 52.2 cm³/mol. The highest BCUT2D eigenvalue weighted by Gasteiger charge is 2.55. The van der Waals surface area contributed by atoms with E-state index in [9.17, 15) is 29.9 Å². The maximum absolute atomic E-state index is 13.4. The minimum absolute atomic E-state index is 0.783. The van der Waals surface area contributed by atoms with E-state index in [4.69, 9.17) is 5.11 Å². The molecule has 0 amide bonds. The molecule has 2 atom stereocenters. The molecule has 1 saturated heterocycles. The summed E-state index contributed by atoms with van der Waals surface area (Å²) in [6.45, 7) is -2.86. The Bertz CT molecular complexity index is 454. The van der Waals surface area contributed by atoms with Crippen LogP contribution in [0, 0.1) is 0 Å². The minimum Gasteiger partial charge on any atom is -0.391 e. The molecule has 0 aromatic rings. The van der Waals surface area contributed by atoms with Crippen molar-refractivity contribution in [2.45, 2.75) is 30.2 Å². The summed E-state index contributed by atoms with van der Waals surface area (Å²) in [5.74, 6) is -1.76. The smallest absolute Gasteiger partial charge is 0.391 e. The summed E-state index contributed by atoms with van der Waals surface area (Å²) < 4.78 is 96.8. The molecule has 1 aliphatic heterocycles. The monoisotopic (exact) mass is 330 g/mol. The van der Waals surface area contributed by atoms with E-state index in [1.165, 1.54) is 0 Å². The average Bonchev–Trinajstić information content (AvgIpc) is 2.70. The highest BCUT2D eigenvalue weighted by Crippen LogP contribution is 2.35. The van der Waals surface area contributed by atoms with Crippen molar-refractivity contribution in [1.82, 2.24) is 0 Å². The fraction of sp³-hybridized carbons (Fsp3) is 1.00. The fourth-order valence-electron chi connectivity index (χ4n) is 1.21. The summed E-state index contributed by atoms with van der Waals surface area (Å²) in [6.07, 6.45) is -6.51. The predicted octanol–water partition coefficient (Wildman–Crippen LogP) is 0.612. The van der Waals surface area contributed by atoms with Crippen molar-refractivity contribution in [3.63, 3.8) is 0 Å². The van der Waals surface area contributed by atoms with Gasteiger partial charge in [0.15, 0.2) is 11.9 Å². The number of alkyl halides is 4.